The van der Waals surface area contributed by atoms with E-state index in [1.165, 1.54) is 29.4 Å². The minimum absolute atomic E-state index is 0.0997. The molecule has 0 radical (unpaired) electrons. The van der Waals surface area contributed by atoms with Crippen LogP contribution in [0.5, 0.6) is 11.5 Å². The number of rotatable bonds is 6. The Kier molecular flexibility index (Phi) is 6.34. The second-order valence-electron chi connectivity index (χ2n) is 6.91. The highest BCUT2D eigenvalue weighted by atomic mass is 32.2. The van der Waals surface area contributed by atoms with Gasteiger partial charge in [0, 0.05) is 50.9 Å². The lowest BCUT2D eigenvalue weighted by Crippen LogP contribution is -2.47. The Balaban J connectivity index is 1.89. The highest BCUT2D eigenvalue weighted by Crippen LogP contribution is 2.35. The normalized spacial score (nSPS) is 15.5. The number of nitrogens with zero attached hydrogens (tertiary/aromatic N) is 3. The number of anilines is 1. The number of nitrogens with one attached hydrogen (secondary N) is 1. The SMILES string of the molecule is CC(=O)Nc1cccc(Oc2ccc(S(=O)(=O)N3CCN(C)CC3)cc2[N+](=O)[O-])c1. The maximum atomic E-state index is 12.9. The van der Waals surface area contributed by atoms with E-state index in [1.807, 2.05) is 11.9 Å². The predicted molar refractivity (Wildman–Crippen MR) is 110 cm³/mol. The van der Waals surface area contributed by atoms with Gasteiger partial charge in [-0.1, -0.05) is 6.07 Å². The summed E-state index contributed by atoms with van der Waals surface area (Å²) in [7, 11) is -1.95. The van der Waals surface area contributed by atoms with E-state index in [0.29, 0.717) is 31.9 Å². The molecule has 0 spiro atoms. The number of sulfonamides is 1. The van der Waals surface area contributed by atoms with Crippen LogP contribution >= 0.6 is 0 Å². The third-order valence-corrected chi connectivity index (χ3v) is 6.50. The third-order valence-electron chi connectivity index (χ3n) is 4.61. The molecule has 0 aromatic heterocycles. The van der Waals surface area contributed by atoms with Crippen LogP contribution in [0.15, 0.2) is 47.4 Å². The monoisotopic (exact) mass is 434 g/mol. The van der Waals surface area contributed by atoms with Crippen molar-refractivity contribution in [2.75, 3.05) is 38.5 Å². The number of hydrogen-bond acceptors (Lipinski definition) is 7. The fraction of sp³-hybridized carbons (Fsp3) is 0.316. The minimum atomic E-state index is -3.85. The second kappa shape index (κ2) is 8.78. The highest BCUT2D eigenvalue weighted by molar-refractivity contribution is 7.89. The summed E-state index contributed by atoms with van der Waals surface area (Å²) in [5.41, 5.74) is 0.00653. The first-order valence-corrected chi connectivity index (χ1v) is 10.6. The van der Waals surface area contributed by atoms with Gasteiger partial charge in [0.15, 0.2) is 0 Å². The first-order valence-electron chi connectivity index (χ1n) is 9.19. The number of carbonyl (C=O) groups excluding carboxylic acids is 1. The molecule has 30 heavy (non-hydrogen) atoms. The number of benzene rings is 2. The Morgan fingerprint density at radius 3 is 2.47 bits per heavy atom. The molecule has 0 aliphatic carbocycles. The van der Waals surface area contributed by atoms with E-state index < -0.39 is 20.6 Å². The van der Waals surface area contributed by atoms with Crippen LogP contribution in [0.2, 0.25) is 0 Å². The summed E-state index contributed by atoms with van der Waals surface area (Å²) in [4.78, 5) is 24.0. The molecule has 3 rings (SSSR count). The summed E-state index contributed by atoms with van der Waals surface area (Å²) in [6.45, 7) is 3.18. The number of nitro benzene ring substituents is 1. The van der Waals surface area contributed by atoms with Gasteiger partial charge in [-0.3, -0.25) is 14.9 Å². The maximum absolute atomic E-state index is 12.9. The van der Waals surface area contributed by atoms with Crippen molar-refractivity contribution in [2.24, 2.45) is 0 Å². The Hall–Kier alpha value is -3.02. The van der Waals surface area contributed by atoms with Crippen molar-refractivity contribution in [3.63, 3.8) is 0 Å². The molecule has 1 N–H and O–H groups in total. The van der Waals surface area contributed by atoms with Gasteiger partial charge in [-0.2, -0.15) is 4.31 Å². The zero-order valence-electron chi connectivity index (χ0n) is 16.6. The number of nitro groups is 1. The van der Waals surface area contributed by atoms with Crippen LogP contribution in [0.3, 0.4) is 0 Å². The fourth-order valence-corrected chi connectivity index (χ4v) is 4.47. The lowest BCUT2D eigenvalue weighted by atomic mass is 10.2. The summed E-state index contributed by atoms with van der Waals surface area (Å²) >= 11 is 0. The molecule has 0 unspecified atom stereocenters. The predicted octanol–water partition coefficient (Wildman–Crippen LogP) is 2.28. The first kappa shape index (κ1) is 21.7. The van der Waals surface area contributed by atoms with Crippen LogP contribution in [0, 0.1) is 10.1 Å². The standard InChI is InChI=1S/C19H22N4O6S/c1-14(24)20-15-4-3-5-16(12-15)29-19-7-6-17(13-18(19)23(25)26)30(27,28)22-10-8-21(2)9-11-22/h3-7,12-13H,8-11H2,1-2H3,(H,20,24). The lowest BCUT2D eigenvalue weighted by molar-refractivity contribution is -0.385. The van der Waals surface area contributed by atoms with Crippen molar-refractivity contribution in [1.29, 1.82) is 0 Å². The van der Waals surface area contributed by atoms with Crippen LogP contribution in [0.4, 0.5) is 11.4 Å². The molecule has 1 heterocycles. The molecule has 1 amide bonds. The number of amides is 1. The molecular formula is C19H22N4O6S. The van der Waals surface area contributed by atoms with E-state index in [0.717, 1.165) is 6.07 Å². The Labute approximate surface area is 174 Å². The average Bonchev–Trinajstić information content (AvgIpc) is 2.68. The molecule has 0 bridgehead atoms. The number of hydrogen-bond donors (Lipinski definition) is 1. The Bertz CT molecular complexity index is 1060. The Morgan fingerprint density at radius 2 is 1.83 bits per heavy atom. The zero-order valence-corrected chi connectivity index (χ0v) is 17.4. The summed E-state index contributed by atoms with van der Waals surface area (Å²) < 4.78 is 32.7. The van der Waals surface area contributed by atoms with Gasteiger partial charge >= 0.3 is 5.69 Å². The summed E-state index contributed by atoms with van der Waals surface area (Å²) in [6, 6.07) is 9.94. The number of carbonyl (C=O) groups is 1. The quantitative estimate of drug-likeness (QED) is 0.547. The summed E-state index contributed by atoms with van der Waals surface area (Å²) in [5, 5.41) is 14.2. The molecule has 2 aromatic rings. The molecule has 10 nitrogen and oxygen atoms in total. The molecule has 160 valence electrons. The van der Waals surface area contributed by atoms with E-state index in [4.69, 9.17) is 4.74 Å². The van der Waals surface area contributed by atoms with E-state index in [2.05, 4.69) is 5.32 Å². The van der Waals surface area contributed by atoms with Crippen LogP contribution in [-0.4, -0.2) is 61.7 Å². The smallest absolute Gasteiger partial charge is 0.312 e. The van der Waals surface area contributed by atoms with Gasteiger partial charge in [-0.25, -0.2) is 8.42 Å². The average molecular weight is 434 g/mol. The van der Waals surface area contributed by atoms with Crippen LogP contribution < -0.4 is 10.1 Å². The molecular weight excluding hydrogens is 412 g/mol. The maximum Gasteiger partial charge on any atom is 0.312 e. The lowest BCUT2D eigenvalue weighted by Gasteiger charge is -2.31. The van der Waals surface area contributed by atoms with Crippen molar-refractivity contribution in [3.8, 4) is 11.5 Å². The van der Waals surface area contributed by atoms with Gasteiger partial charge in [0.2, 0.25) is 21.7 Å². The summed E-state index contributed by atoms with van der Waals surface area (Å²) in [5.74, 6) is -0.104. The van der Waals surface area contributed by atoms with Crippen molar-refractivity contribution >= 4 is 27.3 Å². The molecule has 0 atom stereocenters. The van der Waals surface area contributed by atoms with Gasteiger partial charge in [-0.15, -0.1) is 0 Å². The number of likely N-dealkylation sites (N-methyl/N-ethyl adjacent to an activating group) is 1. The van der Waals surface area contributed by atoms with Gasteiger partial charge < -0.3 is 15.0 Å². The second-order valence-corrected chi connectivity index (χ2v) is 8.84. The van der Waals surface area contributed by atoms with E-state index >= 15 is 0 Å². The van der Waals surface area contributed by atoms with Crippen molar-refractivity contribution in [2.45, 2.75) is 11.8 Å². The molecule has 1 fully saturated rings. The fourth-order valence-electron chi connectivity index (χ4n) is 3.03. The first-order chi connectivity index (χ1) is 14.2. The van der Waals surface area contributed by atoms with Crippen molar-refractivity contribution < 1.29 is 22.9 Å². The van der Waals surface area contributed by atoms with Gasteiger partial charge in [-0.05, 0) is 31.3 Å². The summed E-state index contributed by atoms with van der Waals surface area (Å²) in [6.07, 6.45) is 0. The molecule has 1 saturated heterocycles. The van der Waals surface area contributed by atoms with Crippen molar-refractivity contribution in [1.82, 2.24) is 9.21 Å². The van der Waals surface area contributed by atoms with Gasteiger partial charge in [0.25, 0.3) is 0 Å². The highest BCUT2D eigenvalue weighted by Gasteiger charge is 2.30. The molecule has 11 heteroatoms. The van der Waals surface area contributed by atoms with E-state index in [9.17, 15) is 23.3 Å². The van der Waals surface area contributed by atoms with Crippen LogP contribution in [0.25, 0.3) is 0 Å². The zero-order chi connectivity index (χ0) is 21.9. The topological polar surface area (TPSA) is 122 Å². The number of ether oxygens (including phenoxy) is 1. The van der Waals surface area contributed by atoms with Gasteiger partial charge in [0.1, 0.15) is 5.75 Å². The van der Waals surface area contributed by atoms with Crippen LogP contribution in [-0.2, 0) is 14.8 Å². The largest absolute Gasteiger partial charge is 0.450 e. The van der Waals surface area contributed by atoms with Crippen LogP contribution in [0.1, 0.15) is 6.92 Å². The molecule has 0 saturated carbocycles. The molecule has 1 aliphatic heterocycles. The number of piperazine rings is 1. The van der Waals surface area contributed by atoms with E-state index in [1.54, 1.807) is 18.2 Å². The van der Waals surface area contributed by atoms with E-state index in [-0.39, 0.29) is 22.3 Å². The third kappa shape index (κ3) is 4.93. The minimum Gasteiger partial charge on any atom is -0.450 e. The molecule has 1 aliphatic rings. The van der Waals surface area contributed by atoms with Crippen molar-refractivity contribution in [3.05, 3.63) is 52.6 Å². The molecule has 2 aromatic carbocycles. The Morgan fingerprint density at radius 1 is 1.13 bits per heavy atom. The van der Waals surface area contributed by atoms with Gasteiger partial charge in [0.05, 0.1) is 9.82 Å².